The molecule has 1 saturated carbocycles. The number of amides is 1. The third-order valence-corrected chi connectivity index (χ3v) is 3.28. The van der Waals surface area contributed by atoms with Gasteiger partial charge in [-0.15, -0.1) is 0 Å². The highest BCUT2D eigenvalue weighted by Crippen LogP contribution is 2.46. The quantitative estimate of drug-likeness (QED) is 0.929. The first-order valence-corrected chi connectivity index (χ1v) is 6.70. The molecule has 1 N–H and O–H groups in total. The summed E-state index contributed by atoms with van der Waals surface area (Å²) >= 11 is 5.80. The van der Waals surface area contributed by atoms with E-state index in [0.29, 0.717) is 5.69 Å². The molecule has 8 heteroatoms. The van der Waals surface area contributed by atoms with Crippen molar-refractivity contribution >= 4 is 17.5 Å². The molecule has 4 nitrogen and oxygen atoms in total. The molecule has 0 spiro atoms. The number of nitrogens with zero attached hydrogens (tertiary/aromatic N) is 2. The van der Waals surface area contributed by atoms with E-state index >= 15 is 0 Å². The van der Waals surface area contributed by atoms with Crippen molar-refractivity contribution in [1.29, 1.82) is 0 Å². The van der Waals surface area contributed by atoms with Crippen LogP contribution in [0.1, 0.15) is 44.0 Å². The van der Waals surface area contributed by atoms with E-state index in [1.807, 2.05) is 0 Å². The first-order valence-electron chi connectivity index (χ1n) is 6.33. The first-order chi connectivity index (χ1) is 9.20. The minimum absolute atomic E-state index is 0.0297. The zero-order valence-electron chi connectivity index (χ0n) is 11.1. The topological polar surface area (TPSA) is 46.9 Å². The van der Waals surface area contributed by atoms with E-state index in [0.717, 1.165) is 17.5 Å². The van der Waals surface area contributed by atoms with Crippen LogP contribution in [0.25, 0.3) is 0 Å². The fourth-order valence-corrected chi connectivity index (χ4v) is 2.40. The maximum Gasteiger partial charge on any atom is 0.436 e. The molecule has 0 saturated heterocycles. The molecular weight excluding hydrogens is 295 g/mol. The molecule has 0 bridgehead atoms. The predicted molar refractivity (Wildman–Crippen MR) is 67.5 cm³/mol. The molecule has 0 atom stereocenters. The van der Waals surface area contributed by atoms with Crippen molar-refractivity contribution < 1.29 is 18.0 Å². The summed E-state index contributed by atoms with van der Waals surface area (Å²) in [4.78, 5) is 11.7. The standard InChI is InChI=1S/C12H15ClF3N3O/c1-6(2)17-8(20)5-19-10(7-3-4-7)9(13)11(18-19)12(14,15)16/h6-7H,3-5H2,1-2H3,(H,17,20). The molecule has 1 fully saturated rings. The van der Waals surface area contributed by atoms with Gasteiger partial charge in [-0.3, -0.25) is 9.48 Å². The van der Waals surface area contributed by atoms with Gasteiger partial charge in [0.15, 0.2) is 5.69 Å². The summed E-state index contributed by atoms with van der Waals surface area (Å²) in [5.41, 5.74) is -0.795. The number of rotatable bonds is 4. The van der Waals surface area contributed by atoms with Crippen LogP contribution in [0.15, 0.2) is 0 Å². The Morgan fingerprint density at radius 2 is 2.10 bits per heavy atom. The number of carbonyl (C=O) groups excluding carboxylic acids is 1. The molecular formula is C12H15ClF3N3O. The Hall–Kier alpha value is -1.24. The lowest BCUT2D eigenvalue weighted by Gasteiger charge is -2.10. The molecule has 0 radical (unpaired) electrons. The Bertz CT molecular complexity index is 521. The molecule has 0 aliphatic heterocycles. The molecule has 1 amide bonds. The van der Waals surface area contributed by atoms with Gasteiger partial charge in [0, 0.05) is 12.0 Å². The summed E-state index contributed by atoms with van der Waals surface area (Å²) in [6, 6.07) is -0.0833. The monoisotopic (exact) mass is 309 g/mol. The molecule has 1 aliphatic rings. The fraction of sp³-hybridized carbons (Fsp3) is 0.667. The molecule has 1 aromatic heterocycles. The van der Waals surface area contributed by atoms with Crippen molar-refractivity contribution in [2.24, 2.45) is 0 Å². The molecule has 2 rings (SSSR count). The van der Waals surface area contributed by atoms with Gasteiger partial charge in [-0.05, 0) is 26.7 Å². The van der Waals surface area contributed by atoms with Gasteiger partial charge >= 0.3 is 6.18 Å². The van der Waals surface area contributed by atoms with Crippen LogP contribution in [0.5, 0.6) is 0 Å². The number of hydrogen-bond acceptors (Lipinski definition) is 2. The summed E-state index contributed by atoms with van der Waals surface area (Å²) in [7, 11) is 0. The second-order valence-corrected chi connectivity index (χ2v) is 5.58. The molecule has 0 unspecified atom stereocenters. The number of hydrogen-bond donors (Lipinski definition) is 1. The van der Waals surface area contributed by atoms with E-state index in [4.69, 9.17) is 11.6 Å². The van der Waals surface area contributed by atoms with E-state index in [2.05, 4.69) is 10.4 Å². The zero-order valence-corrected chi connectivity index (χ0v) is 11.8. The van der Waals surface area contributed by atoms with Gasteiger partial charge in [0.05, 0.1) is 10.7 Å². The van der Waals surface area contributed by atoms with Crippen LogP contribution in [0.4, 0.5) is 13.2 Å². The van der Waals surface area contributed by atoms with E-state index in [-0.39, 0.29) is 29.4 Å². The van der Waals surface area contributed by atoms with E-state index in [1.165, 1.54) is 0 Å². The number of alkyl halides is 3. The van der Waals surface area contributed by atoms with Crippen LogP contribution in [0.2, 0.25) is 5.02 Å². The number of carbonyl (C=O) groups is 1. The van der Waals surface area contributed by atoms with E-state index in [9.17, 15) is 18.0 Å². The van der Waals surface area contributed by atoms with Crippen LogP contribution < -0.4 is 5.32 Å². The Labute approximate surface area is 119 Å². The van der Waals surface area contributed by atoms with Gasteiger partial charge in [-0.1, -0.05) is 11.6 Å². The van der Waals surface area contributed by atoms with Crippen molar-refractivity contribution in [3.63, 3.8) is 0 Å². The Morgan fingerprint density at radius 1 is 1.50 bits per heavy atom. The van der Waals surface area contributed by atoms with Gasteiger partial charge < -0.3 is 5.32 Å². The SMILES string of the molecule is CC(C)NC(=O)Cn1nc(C(F)(F)F)c(Cl)c1C1CC1. The average Bonchev–Trinajstić information content (AvgIpc) is 3.02. The second kappa shape index (κ2) is 5.27. The highest BCUT2D eigenvalue weighted by Gasteiger charge is 2.42. The third kappa shape index (κ3) is 3.26. The largest absolute Gasteiger partial charge is 0.436 e. The van der Waals surface area contributed by atoms with Crippen molar-refractivity contribution in [1.82, 2.24) is 15.1 Å². The van der Waals surface area contributed by atoms with Gasteiger partial charge in [-0.2, -0.15) is 18.3 Å². The van der Waals surface area contributed by atoms with Gasteiger partial charge in [0.25, 0.3) is 0 Å². The molecule has 112 valence electrons. The maximum absolute atomic E-state index is 12.8. The lowest BCUT2D eigenvalue weighted by Crippen LogP contribution is -2.33. The van der Waals surface area contributed by atoms with Gasteiger partial charge in [0.1, 0.15) is 6.54 Å². The molecule has 1 aromatic rings. The lowest BCUT2D eigenvalue weighted by molar-refractivity contribution is -0.141. The smallest absolute Gasteiger partial charge is 0.352 e. The zero-order chi connectivity index (χ0) is 15.1. The van der Waals surface area contributed by atoms with Gasteiger partial charge in [-0.25, -0.2) is 0 Å². The van der Waals surface area contributed by atoms with E-state index in [1.54, 1.807) is 13.8 Å². The lowest BCUT2D eigenvalue weighted by atomic mass is 10.2. The summed E-state index contributed by atoms with van der Waals surface area (Å²) in [6.07, 6.45) is -3.07. The molecule has 1 aliphatic carbocycles. The predicted octanol–water partition coefficient (Wildman–Crippen LogP) is 2.96. The van der Waals surface area contributed by atoms with Crippen molar-refractivity contribution in [2.75, 3.05) is 0 Å². The molecule has 20 heavy (non-hydrogen) atoms. The highest BCUT2D eigenvalue weighted by atomic mass is 35.5. The third-order valence-electron chi connectivity index (χ3n) is 2.91. The molecule has 0 aromatic carbocycles. The maximum atomic E-state index is 12.8. The van der Waals surface area contributed by atoms with Crippen LogP contribution in [-0.4, -0.2) is 21.7 Å². The number of aromatic nitrogens is 2. The first kappa shape index (κ1) is 15.2. The Balaban J connectivity index is 2.30. The van der Waals surface area contributed by atoms with Crippen molar-refractivity contribution in [2.45, 2.75) is 51.4 Å². The Morgan fingerprint density at radius 3 is 2.55 bits per heavy atom. The number of nitrogens with one attached hydrogen (secondary N) is 1. The van der Waals surface area contributed by atoms with Crippen LogP contribution >= 0.6 is 11.6 Å². The van der Waals surface area contributed by atoms with E-state index < -0.39 is 11.9 Å². The van der Waals surface area contributed by atoms with Crippen LogP contribution in [0, 0.1) is 0 Å². The van der Waals surface area contributed by atoms with Crippen LogP contribution in [0.3, 0.4) is 0 Å². The summed E-state index contributed by atoms with van der Waals surface area (Å²) in [5, 5.41) is 5.73. The minimum atomic E-state index is -4.61. The summed E-state index contributed by atoms with van der Waals surface area (Å²) in [6.45, 7) is 3.30. The Kier molecular flexibility index (Phi) is 4.00. The van der Waals surface area contributed by atoms with Crippen molar-refractivity contribution in [3.05, 3.63) is 16.4 Å². The normalized spacial score (nSPS) is 15.8. The molecule has 1 heterocycles. The summed E-state index contributed by atoms with van der Waals surface area (Å²) < 4.78 is 39.5. The van der Waals surface area contributed by atoms with Crippen molar-refractivity contribution in [3.8, 4) is 0 Å². The highest BCUT2D eigenvalue weighted by molar-refractivity contribution is 6.32. The number of halogens is 4. The summed E-state index contributed by atoms with van der Waals surface area (Å²) in [5.74, 6) is -0.409. The van der Waals surface area contributed by atoms with Crippen LogP contribution in [-0.2, 0) is 17.5 Å². The minimum Gasteiger partial charge on any atom is -0.352 e. The fourth-order valence-electron chi connectivity index (χ4n) is 2.01. The second-order valence-electron chi connectivity index (χ2n) is 5.20. The van der Waals surface area contributed by atoms with Gasteiger partial charge in [0.2, 0.25) is 5.91 Å². The average molecular weight is 310 g/mol.